The van der Waals surface area contributed by atoms with Gasteiger partial charge in [-0.1, -0.05) is 31.0 Å². The number of halogens is 1. The number of hydrogen-bond donors (Lipinski definition) is 2. The Morgan fingerprint density at radius 1 is 1.21 bits per heavy atom. The van der Waals surface area contributed by atoms with Crippen LogP contribution in [0.3, 0.4) is 0 Å². The van der Waals surface area contributed by atoms with Gasteiger partial charge in [-0.15, -0.1) is 24.0 Å². The zero-order chi connectivity index (χ0) is 20.1. The minimum atomic E-state index is -3.47. The fraction of sp³-hybridized carbons (Fsp3) is 0.650. The Kier molecular flexibility index (Phi) is 9.17. The molecule has 2 fully saturated rings. The van der Waals surface area contributed by atoms with E-state index in [0.29, 0.717) is 17.5 Å². The number of benzene rings is 1. The maximum atomic E-state index is 12.6. The van der Waals surface area contributed by atoms with Gasteiger partial charge in [0, 0.05) is 52.9 Å². The highest BCUT2D eigenvalue weighted by molar-refractivity contribution is 14.0. The Morgan fingerprint density at radius 2 is 1.90 bits per heavy atom. The maximum Gasteiger partial charge on any atom is 0.242 e. The first-order chi connectivity index (χ1) is 13.4. The van der Waals surface area contributed by atoms with Crippen molar-refractivity contribution in [3.63, 3.8) is 0 Å². The molecule has 2 aliphatic rings. The van der Waals surface area contributed by atoms with Crippen molar-refractivity contribution in [3.05, 3.63) is 29.8 Å². The molecule has 2 N–H and O–H groups in total. The van der Waals surface area contributed by atoms with Crippen molar-refractivity contribution in [3.8, 4) is 0 Å². The molecular weight excluding hydrogens is 501 g/mol. The topological polar surface area (TPSA) is 77.0 Å². The molecule has 1 aliphatic heterocycles. The molecule has 0 spiro atoms. The second kappa shape index (κ2) is 10.9. The molecule has 1 saturated heterocycles. The highest BCUT2D eigenvalue weighted by Gasteiger charge is 2.30. The molecule has 9 heteroatoms. The molecule has 3 rings (SSSR count). The molecule has 29 heavy (non-hydrogen) atoms. The average Bonchev–Trinajstić information content (AvgIpc) is 3.36. The molecule has 0 amide bonds. The van der Waals surface area contributed by atoms with Crippen molar-refractivity contribution < 1.29 is 8.42 Å². The quantitative estimate of drug-likeness (QED) is 0.332. The summed E-state index contributed by atoms with van der Waals surface area (Å²) in [4.78, 5) is 7.27. The summed E-state index contributed by atoms with van der Waals surface area (Å²) >= 11 is 0. The van der Waals surface area contributed by atoms with Gasteiger partial charge >= 0.3 is 0 Å². The fourth-order valence-corrected chi connectivity index (χ4v) is 5.29. The molecule has 164 valence electrons. The van der Waals surface area contributed by atoms with E-state index < -0.39 is 10.0 Å². The fourth-order valence-electron chi connectivity index (χ4n) is 4.17. The number of sulfonamides is 1. The summed E-state index contributed by atoms with van der Waals surface area (Å²) in [5, 5.41) is 6.79. The molecule has 0 radical (unpaired) electrons. The summed E-state index contributed by atoms with van der Waals surface area (Å²) < 4.78 is 26.4. The lowest BCUT2D eigenvalue weighted by Gasteiger charge is -2.24. The number of hydrogen-bond acceptors (Lipinski definition) is 4. The number of nitrogens with one attached hydrogen (secondary N) is 2. The Balaban J connectivity index is 0.00000300. The van der Waals surface area contributed by atoms with E-state index >= 15 is 0 Å². The molecule has 0 aromatic heterocycles. The Bertz CT molecular complexity index is 794. The summed E-state index contributed by atoms with van der Waals surface area (Å²) in [6.07, 6.45) is 6.49. The van der Waals surface area contributed by atoms with Gasteiger partial charge in [0.05, 0.1) is 4.90 Å². The molecule has 1 heterocycles. The predicted octanol–water partition coefficient (Wildman–Crippen LogP) is 2.24. The third-order valence-electron chi connectivity index (χ3n) is 5.80. The van der Waals surface area contributed by atoms with Crippen LogP contribution in [0, 0.1) is 0 Å². The molecular formula is C20H34IN5O2S. The maximum absolute atomic E-state index is 12.6. The van der Waals surface area contributed by atoms with Crippen LogP contribution in [0.15, 0.2) is 34.2 Å². The van der Waals surface area contributed by atoms with E-state index in [9.17, 15) is 8.42 Å². The van der Waals surface area contributed by atoms with Crippen LogP contribution >= 0.6 is 24.0 Å². The lowest BCUT2D eigenvalue weighted by atomic mass is 10.2. The normalized spacial score (nSPS) is 21.4. The first-order valence-corrected chi connectivity index (χ1v) is 11.6. The van der Waals surface area contributed by atoms with E-state index in [1.807, 2.05) is 12.1 Å². The van der Waals surface area contributed by atoms with Gasteiger partial charge in [0.15, 0.2) is 5.96 Å². The molecule has 7 nitrogen and oxygen atoms in total. The zero-order valence-corrected chi connectivity index (χ0v) is 20.7. The standard InChI is InChI=1S/C20H33N5O2S.HI/c1-21-20(23-17-12-13-25(15-17)18-9-5-6-10-18)22-14-16-8-4-7-11-19(16)28(26,27)24(2)3;/h4,7-8,11,17-18H,5-6,9-10,12-15H2,1-3H3,(H2,21,22,23);1H. The second-order valence-electron chi connectivity index (χ2n) is 7.88. The van der Waals surface area contributed by atoms with Crippen LogP contribution in [0.25, 0.3) is 0 Å². The van der Waals surface area contributed by atoms with Crippen molar-refractivity contribution in [2.75, 3.05) is 34.2 Å². The summed E-state index contributed by atoms with van der Waals surface area (Å²) in [5.74, 6) is 0.718. The third-order valence-corrected chi connectivity index (χ3v) is 7.72. The average molecular weight is 535 g/mol. The van der Waals surface area contributed by atoms with E-state index in [4.69, 9.17) is 0 Å². The van der Waals surface area contributed by atoms with Gasteiger partial charge in [0.1, 0.15) is 0 Å². The van der Waals surface area contributed by atoms with E-state index in [1.54, 1.807) is 33.3 Å². The predicted molar refractivity (Wildman–Crippen MR) is 128 cm³/mol. The van der Waals surface area contributed by atoms with E-state index in [-0.39, 0.29) is 24.0 Å². The second-order valence-corrected chi connectivity index (χ2v) is 10.0. The number of guanidine groups is 1. The number of rotatable bonds is 6. The number of likely N-dealkylation sites (tertiary alicyclic amines) is 1. The molecule has 1 aliphatic carbocycles. The van der Waals surface area contributed by atoms with Crippen molar-refractivity contribution in [2.24, 2.45) is 4.99 Å². The summed E-state index contributed by atoms with van der Waals surface area (Å²) in [7, 11) is 1.38. The lowest BCUT2D eigenvalue weighted by molar-refractivity contribution is 0.242. The zero-order valence-electron chi connectivity index (χ0n) is 17.6. The first-order valence-electron chi connectivity index (χ1n) is 10.1. The highest BCUT2D eigenvalue weighted by Crippen LogP contribution is 2.26. The summed E-state index contributed by atoms with van der Waals surface area (Å²) in [6.45, 7) is 2.60. The van der Waals surface area contributed by atoms with Gasteiger partial charge in [-0.3, -0.25) is 9.89 Å². The van der Waals surface area contributed by atoms with Crippen molar-refractivity contribution in [1.82, 2.24) is 19.8 Å². The van der Waals surface area contributed by atoms with E-state index in [0.717, 1.165) is 37.1 Å². The van der Waals surface area contributed by atoms with Gasteiger partial charge in [-0.05, 0) is 30.9 Å². The number of aliphatic imine (C=N–C) groups is 1. The van der Waals surface area contributed by atoms with Crippen LogP contribution in [-0.4, -0.2) is 69.9 Å². The van der Waals surface area contributed by atoms with E-state index in [1.165, 1.54) is 30.0 Å². The summed E-state index contributed by atoms with van der Waals surface area (Å²) in [6, 6.07) is 8.24. The van der Waals surface area contributed by atoms with Crippen LogP contribution < -0.4 is 10.6 Å². The number of nitrogens with zero attached hydrogens (tertiary/aromatic N) is 3. The van der Waals surface area contributed by atoms with Crippen molar-refractivity contribution in [2.45, 2.75) is 55.6 Å². The van der Waals surface area contributed by atoms with Gasteiger partial charge in [-0.2, -0.15) is 0 Å². The van der Waals surface area contributed by atoms with Crippen LogP contribution in [0.1, 0.15) is 37.7 Å². The van der Waals surface area contributed by atoms with Crippen LogP contribution in [0.5, 0.6) is 0 Å². The Labute approximate surface area is 192 Å². The molecule has 1 aromatic rings. The Hall–Kier alpha value is -0.910. The van der Waals surface area contributed by atoms with Gasteiger partial charge in [-0.25, -0.2) is 12.7 Å². The highest BCUT2D eigenvalue weighted by atomic mass is 127. The first kappa shape index (κ1) is 24.4. The molecule has 1 atom stereocenters. The van der Waals surface area contributed by atoms with Crippen LogP contribution in [0.4, 0.5) is 0 Å². The van der Waals surface area contributed by atoms with Gasteiger partial charge in [0.2, 0.25) is 10.0 Å². The lowest BCUT2D eigenvalue weighted by Crippen LogP contribution is -2.45. The Morgan fingerprint density at radius 3 is 2.55 bits per heavy atom. The minimum absolute atomic E-state index is 0. The molecule has 1 unspecified atom stereocenters. The van der Waals surface area contributed by atoms with E-state index in [2.05, 4.69) is 20.5 Å². The largest absolute Gasteiger partial charge is 0.352 e. The van der Waals surface area contributed by atoms with Crippen LogP contribution in [0.2, 0.25) is 0 Å². The molecule has 1 saturated carbocycles. The summed E-state index contributed by atoms with van der Waals surface area (Å²) in [5.41, 5.74) is 0.734. The smallest absolute Gasteiger partial charge is 0.242 e. The minimum Gasteiger partial charge on any atom is -0.352 e. The molecule has 1 aromatic carbocycles. The SMILES string of the molecule is CN=C(NCc1ccccc1S(=O)(=O)N(C)C)NC1CCN(C2CCCC2)C1.I. The van der Waals surface area contributed by atoms with Crippen molar-refractivity contribution in [1.29, 1.82) is 0 Å². The third kappa shape index (κ3) is 6.05. The molecule has 0 bridgehead atoms. The van der Waals surface area contributed by atoms with Crippen molar-refractivity contribution >= 4 is 40.0 Å². The van der Waals surface area contributed by atoms with Crippen LogP contribution in [-0.2, 0) is 16.6 Å². The monoisotopic (exact) mass is 535 g/mol. The van der Waals surface area contributed by atoms with Gasteiger partial charge in [0.25, 0.3) is 0 Å². The van der Waals surface area contributed by atoms with Gasteiger partial charge < -0.3 is 10.6 Å².